The Morgan fingerprint density at radius 1 is 1.32 bits per heavy atom. The quantitative estimate of drug-likeness (QED) is 0.797. The second-order valence-corrected chi connectivity index (χ2v) is 3.98. The third-order valence-electron chi connectivity index (χ3n) is 2.59. The minimum absolute atomic E-state index is 0.0464. The van der Waals surface area contributed by atoms with Gasteiger partial charge in [-0.2, -0.15) is 0 Å². The van der Waals surface area contributed by atoms with Crippen LogP contribution < -0.4 is 14.8 Å². The topological polar surface area (TPSA) is 84.9 Å². The number of aliphatic carboxylic acids is 1. The number of nitrogens with one attached hydrogen (secondary N) is 1. The number of hydrogen-bond acceptors (Lipinski definition) is 4. The normalized spacial score (nSPS) is 11.5. The molecule has 0 bridgehead atoms. The molecule has 1 aromatic rings. The van der Waals surface area contributed by atoms with Gasteiger partial charge in [0.25, 0.3) is 0 Å². The van der Waals surface area contributed by atoms with Gasteiger partial charge in [-0.25, -0.2) is 0 Å². The van der Waals surface area contributed by atoms with Crippen molar-refractivity contribution in [3.05, 3.63) is 23.8 Å². The lowest BCUT2D eigenvalue weighted by Crippen LogP contribution is -2.39. The van der Waals surface area contributed by atoms with Crippen molar-refractivity contribution in [3.8, 4) is 11.5 Å². The Morgan fingerprint density at radius 3 is 2.53 bits per heavy atom. The third kappa shape index (κ3) is 4.17. The molecule has 0 saturated heterocycles. The minimum Gasteiger partial charge on any atom is -0.497 e. The summed E-state index contributed by atoms with van der Waals surface area (Å²) < 4.78 is 10.2. The van der Waals surface area contributed by atoms with Gasteiger partial charge in [0, 0.05) is 11.6 Å². The number of ether oxygens (including phenoxy) is 2. The molecule has 1 atom stereocenters. The summed E-state index contributed by atoms with van der Waals surface area (Å²) in [5, 5.41) is 11.1. The molecule has 1 aromatic carbocycles. The molecule has 0 spiro atoms. The number of carbonyl (C=O) groups excluding carboxylic acids is 1. The smallest absolute Gasteiger partial charge is 0.325 e. The molecule has 0 heterocycles. The van der Waals surface area contributed by atoms with Gasteiger partial charge < -0.3 is 19.9 Å². The maximum Gasteiger partial charge on any atom is 0.325 e. The van der Waals surface area contributed by atoms with Crippen LogP contribution in [0.2, 0.25) is 0 Å². The molecule has 104 valence electrons. The lowest BCUT2D eigenvalue weighted by molar-refractivity contribution is -0.141. The summed E-state index contributed by atoms with van der Waals surface area (Å²) in [6, 6.07) is 4.18. The van der Waals surface area contributed by atoms with E-state index < -0.39 is 12.0 Å². The fourth-order valence-electron chi connectivity index (χ4n) is 1.53. The summed E-state index contributed by atoms with van der Waals surface area (Å²) in [5.74, 6) is -0.300. The van der Waals surface area contributed by atoms with E-state index in [1.165, 1.54) is 21.1 Å². The standard InChI is InChI=1S/C13H17NO5/c1-8(13(16)17)14-12(15)6-9-4-5-10(18-2)7-11(9)19-3/h4-5,7-8H,6H2,1-3H3,(H,14,15)(H,16,17). The van der Waals surface area contributed by atoms with Gasteiger partial charge in [-0.3, -0.25) is 9.59 Å². The largest absolute Gasteiger partial charge is 0.497 e. The zero-order chi connectivity index (χ0) is 14.4. The number of benzene rings is 1. The monoisotopic (exact) mass is 267 g/mol. The molecule has 1 rings (SSSR count). The van der Waals surface area contributed by atoms with Gasteiger partial charge in [0.1, 0.15) is 17.5 Å². The average molecular weight is 267 g/mol. The Hall–Kier alpha value is -2.24. The fourth-order valence-corrected chi connectivity index (χ4v) is 1.53. The third-order valence-corrected chi connectivity index (χ3v) is 2.59. The molecule has 1 unspecified atom stereocenters. The molecule has 0 aromatic heterocycles. The van der Waals surface area contributed by atoms with Gasteiger partial charge in [-0.05, 0) is 13.0 Å². The van der Waals surface area contributed by atoms with Crippen LogP contribution in [-0.4, -0.2) is 37.2 Å². The molecule has 0 aliphatic carbocycles. The van der Waals surface area contributed by atoms with Crippen LogP contribution >= 0.6 is 0 Å². The summed E-state index contributed by atoms with van der Waals surface area (Å²) in [7, 11) is 3.03. The van der Waals surface area contributed by atoms with Gasteiger partial charge in [0.05, 0.1) is 20.6 Å². The van der Waals surface area contributed by atoms with Crippen LogP contribution in [0.4, 0.5) is 0 Å². The van der Waals surface area contributed by atoms with Crippen LogP contribution in [0.5, 0.6) is 11.5 Å². The second kappa shape index (κ2) is 6.63. The first-order chi connectivity index (χ1) is 8.97. The molecular formula is C13H17NO5. The lowest BCUT2D eigenvalue weighted by atomic mass is 10.1. The molecule has 0 saturated carbocycles. The van der Waals surface area contributed by atoms with E-state index in [1.807, 2.05) is 0 Å². The van der Waals surface area contributed by atoms with Crippen LogP contribution in [0.1, 0.15) is 12.5 Å². The Labute approximate surface area is 111 Å². The maximum absolute atomic E-state index is 11.7. The Kier molecular flexibility index (Phi) is 5.17. The highest BCUT2D eigenvalue weighted by Gasteiger charge is 2.15. The highest BCUT2D eigenvalue weighted by atomic mass is 16.5. The highest BCUT2D eigenvalue weighted by Crippen LogP contribution is 2.24. The van der Waals surface area contributed by atoms with Crippen LogP contribution in [-0.2, 0) is 16.0 Å². The lowest BCUT2D eigenvalue weighted by Gasteiger charge is -2.12. The molecular weight excluding hydrogens is 250 g/mol. The number of carboxylic acids is 1. The van der Waals surface area contributed by atoms with E-state index in [1.54, 1.807) is 18.2 Å². The second-order valence-electron chi connectivity index (χ2n) is 3.98. The minimum atomic E-state index is -1.07. The van der Waals surface area contributed by atoms with E-state index in [0.717, 1.165) is 0 Å². The zero-order valence-corrected chi connectivity index (χ0v) is 11.1. The van der Waals surface area contributed by atoms with Crippen molar-refractivity contribution in [3.63, 3.8) is 0 Å². The van der Waals surface area contributed by atoms with E-state index in [9.17, 15) is 9.59 Å². The first-order valence-corrected chi connectivity index (χ1v) is 5.71. The van der Waals surface area contributed by atoms with E-state index in [-0.39, 0.29) is 12.3 Å². The Morgan fingerprint density at radius 2 is 2.00 bits per heavy atom. The van der Waals surface area contributed by atoms with Crippen molar-refractivity contribution in [1.29, 1.82) is 0 Å². The Balaban J connectivity index is 2.76. The molecule has 0 aliphatic rings. The molecule has 6 heteroatoms. The van der Waals surface area contributed by atoms with Crippen LogP contribution in [0.15, 0.2) is 18.2 Å². The van der Waals surface area contributed by atoms with Gasteiger partial charge in [-0.15, -0.1) is 0 Å². The number of amides is 1. The number of carbonyl (C=O) groups is 2. The summed E-state index contributed by atoms with van der Waals surface area (Å²) in [4.78, 5) is 22.3. The summed E-state index contributed by atoms with van der Waals surface area (Å²) in [6.07, 6.45) is 0.0464. The molecule has 0 aliphatic heterocycles. The SMILES string of the molecule is COc1ccc(CC(=O)NC(C)C(=O)O)c(OC)c1. The highest BCUT2D eigenvalue weighted by molar-refractivity contribution is 5.85. The predicted molar refractivity (Wildman–Crippen MR) is 68.5 cm³/mol. The summed E-state index contributed by atoms with van der Waals surface area (Å²) in [6.45, 7) is 1.41. The number of carboxylic acid groups (broad SMARTS) is 1. The van der Waals surface area contributed by atoms with Crippen molar-refractivity contribution in [2.45, 2.75) is 19.4 Å². The molecule has 0 fully saturated rings. The summed E-state index contributed by atoms with van der Waals surface area (Å²) >= 11 is 0. The number of methoxy groups -OCH3 is 2. The van der Waals surface area contributed by atoms with Crippen molar-refractivity contribution >= 4 is 11.9 Å². The van der Waals surface area contributed by atoms with Crippen molar-refractivity contribution in [1.82, 2.24) is 5.32 Å². The molecule has 19 heavy (non-hydrogen) atoms. The van der Waals surface area contributed by atoms with Crippen molar-refractivity contribution < 1.29 is 24.2 Å². The van der Waals surface area contributed by atoms with Crippen LogP contribution in [0.3, 0.4) is 0 Å². The van der Waals surface area contributed by atoms with Gasteiger partial charge in [0.15, 0.2) is 0 Å². The van der Waals surface area contributed by atoms with Gasteiger partial charge in [-0.1, -0.05) is 6.07 Å². The van der Waals surface area contributed by atoms with E-state index in [0.29, 0.717) is 17.1 Å². The van der Waals surface area contributed by atoms with E-state index in [2.05, 4.69) is 5.32 Å². The number of rotatable bonds is 6. The van der Waals surface area contributed by atoms with Crippen LogP contribution in [0.25, 0.3) is 0 Å². The zero-order valence-electron chi connectivity index (χ0n) is 11.1. The fraction of sp³-hybridized carbons (Fsp3) is 0.385. The van der Waals surface area contributed by atoms with E-state index in [4.69, 9.17) is 14.6 Å². The van der Waals surface area contributed by atoms with E-state index >= 15 is 0 Å². The molecule has 2 N–H and O–H groups in total. The Bertz CT molecular complexity index is 472. The molecule has 0 radical (unpaired) electrons. The predicted octanol–water partition coefficient (Wildman–Crippen LogP) is 0.836. The molecule has 6 nitrogen and oxygen atoms in total. The van der Waals surface area contributed by atoms with Gasteiger partial charge in [0.2, 0.25) is 5.91 Å². The first-order valence-electron chi connectivity index (χ1n) is 5.71. The first kappa shape index (κ1) is 14.8. The van der Waals surface area contributed by atoms with Crippen molar-refractivity contribution in [2.75, 3.05) is 14.2 Å². The van der Waals surface area contributed by atoms with Crippen LogP contribution in [0, 0.1) is 0 Å². The van der Waals surface area contributed by atoms with Crippen molar-refractivity contribution in [2.24, 2.45) is 0 Å². The maximum atomic E-state index is 11.7. The summed E-state index contributed by atoms with van der Waals surface area (Å²) in [5.41, 5.74) is 0.665. The van der Waals surface area contributed by atoms with Gasteiger partial charge >= 0.3 is 5.97 Å². The average Bonchev–Trinajstić information content (AvgIpc) is 2.38. The molecule has 1 amide bonds. The number of hydrogen-bond donors (Lipinski definition) is 2.